The molecule has 0 spiro atoms. The summed E-state index contributed by atoms with van der Waals surface area (Å²) in [7, 11) is 1.34. The second-order valence-corrected chi connectivity index (χ2v) is 4.22. The van der Waals surface area contributed by atoms with Crippen LogP contribution in [0.1, 0.15) is 38.2 Å². The van der Waals surface area contributed by atoms with E-state index in [9.17, 15) is 4.79 Å². The minimum absolute atomic E-state index is 0.240. The van der Waals surface area contributed by atoms with Crippen molar-refractivity contribution in [2.75, 3.05) is 12.0 Å². The quantitative estimate of drug-likeness (QED) is 0.739. The minimum Gasteiger partial charge on any atom is -0.463 e. The number of ether oxygens (including phenoxy) is 1. The van der Waals surface area contributed by atoms with Crippen molar-refractivity contribution in [1.82, 2.24) is 0 Å². The fourth-order valence-electron chi connectivity index (χ4n) is 1.78. The third kappa shape index (κ3) is 2.56. The highest BCUT2D eigenvalue weighted by molar-refractivity contribution is 5.86. The summed E-state index contributed by atoms with van der Waals surface area (Å²) >= 11 is 0. The fraction of sp³-hybridized carbons (Fsp3) is 0.583. The van der Waals surface area contributed by atoms with Crippen molar-refractivity contribution in [3.63, 3.8) is 0 Å². The highest BCUT2D eigenvalue weighted by Crippen LogP contribution is 2.23. The molecule has 1 aromatic heterocycles. The van der Waals surface area contributed by atoms with E-state index in [1.54, 1.807) is 12.1 Å². The first kappa shape index (κ1) is 12.6. The number of hydrogen-bond donors (Lipinski definition) is 0. The van der Waals surface area contributed by atoms with Crippen LogP contribution < -0.4 is 4.90 Å². The van der Waals surface area contributed by atoms with E-state index in [0.717, 1.165) is 0 Å². The molecule has 1 heterocycles. The van der Waals surface area contributed by atoms with Crippen LogP contribution >= 0.6 is 0 Å². The van der Waals surface area contributed by atoms with E-state index in [4.69, 9.17) is 4.42 Å². The highest BCUT2D eigenvalue weighted by atomic mass is 16.5. The normalized spacial score (nSPS) is 10.9. The topological polar surface area (TPSA) is 42.7 Å². The Hall–Kier alpha value is -1.45. The van der Waals surface area contributed by atoms with Crippen LogP contribution in [0.15, 0.2) is 16.5 Å². The van der Waals surface area contributed by atoms with E-state index in [1.807, 2.05) is 0 Å². The first-order valence-electron chi connectivity index (χ1n) is 5.43. The van der Waals surface area contributed by atoms with Crippen LogP contribution in [-0.2, 0) is 4.74 Å². The molecule has 0 amide bonds. The van der Waals surface area contributed by atoms with E-state index < -0.39 is 5.97 Å². The molecule has 0 N–H and O–H groups in total. The smallest absolute Gasteiger partial charge is 0.374 e. The zero-order chi connectivity index (χ0) is 12.3. The van der Waals surface area contributed by atoms with Crippen LogP contribution in [0.2, 0.25) is 0 Å². The number of anilines is 1. The molecule has 0 atom stereocenters. The lowest BCUT2D eigenvalue weighted by Gasteiger charge is -2.30. The molecular weight excluding hydrogens is 206 g/mol. The lowest BCUT2D eigenvalue weighted by atomic mass is 10.2. The van der Waals surface area contributed by atoms with Crippen molar-refractivity contribution < 1.29 is 13.9 Å². The first-order chi connectivity index (χ1) is 7.47. The Labute approximate surface area is 96.2 Å². The van der Waals surface area contributed by atoms with Crippen molar-refractivity contribution in [2.45, 2.75) is 39.8 Å². The standard InChI is InChI=1S/C12H19NO3/c1-8(2)13(9(3)4)11-7-6-10(16-11)12(14)15-5/h6-9H,1-5H3. The van der Waals surface area contributed by atoms with Crippen LogP contribution in [0.5, 0.6) is 0 Å². The van der Waals surface area contributed by atoms with Gasteiger partial charge >= 0.3 is 5.97 Å². The van der Waals surface area contributed by atoms with Crippen molar-refractivity contribution in [3.8, 4) is 0 Å². The summed E-state index contributed by atoms with van der Waals surface area (Å²) in [6.45, 7) is 8.33. The maximum Gasteiger partial charge on any atom is 0.374 e. The number of hydrogen-bond acceptors (Lipinski definition) is 4. The molecule has 0 aliphatic carbocycles. The van der Waals surface area contributed by atoms with E-state index in [1.165, 1.54) is 7.11 Å². The van der Waals surface area contributed by atoms with Gasteiger partial charge in [-0.2, -0.15) is 0 Å². The average molecular weight is 225 g/mol. The summed E-state index contributed by atoms with van der Waals surface area (Å²) in [5.41, 5.74) is 0. The number of furan rings is 1. The molecule has 0 bridgehead atoms. The van der Waals surface area contributed by atoms with E-state index in [-0.39, 0.29) is 5.76 Å². The molecule has 0 aliphatic heterocycles. The van der Waals surface area contributed by atoms with Crippen LogP contribution in [-0.4, -0.2) is 25.2 Å². The predicted molar refractivity (Wildman–Crippen MR) is 62.8 cm³/mol. The molecule has 4 heteroatoms. The number of carbonyl (C=O) groups excluding carboxylic acids is 1. The van der Waals surface area contributed by atoms with Crippen molar-refractivity contribution >= 4 is 11.9 Å². The zero-order valence-corrected chi connectivity index (χ0v) is 10.5. The van der Waals surface area contributed by atoms with Crippen molar-refractivity contribution in [1.29, 1.82) is 0 Å². The Morgan fingerprint density at radius 1 is 1.25 bits per heavy atom. The Kier molecular flexibility index (Phi) is 3.99. The van der Waals surface area contributed by atoms with E-state index >= 15 is 0 Å². The van der Waals surface area contributed by atoms with Crippen molar-refractivity contribution in [3.05, 3.63) is 17.9 Å². The second kappa shape index (κ2) is 5.05. The summed E-state index contributed by atoms with van der Waals surface area (Å²) in [6, 6.07) is 4.07. The van der Waals surface area contributed by atoms with E-state index in [2.05, 4.69) is 37.3 Å². The van der Waals surface area contributed by atoms with Gasteiger partial charge in [-0.15, -0.1) is 0 Å². The van der Waals surface area contributed by atoms with Crippen LogP contribution in [0.4, 0.5) is 5.88 Å². The Balaban J connectivity index is 2.95. The van der Waals surface area contributed by atoms with Gasteiger partial charge in [0.15, 0.2) is 5.88 Å². The molecule has 4 nitrogen and oxygen atoms in total. The van der Waals surface area contributed by atoms with Gasteiger partial charge in [-0.3, -0.25) is 0 Å². The molecule has 0 fully saturated rings. The molecule has 0 aromatic carbocycles. The van der Waals surface area contributed by atoms with Gasteiger partial charge in [-0.1, -0.05) is 0 Å². The predicted octanol–water partition coefficient (Wildman–Crippen LogP) is 2.69. The number of rotatable bonds is 4. The third-order valence-corrected chi connectivity index (χ3v) is 2.35. The monoisotopic (exact) mass is 225 g/mol. The van der Waals surface area contributed by atoms with Crippen LogP contribution in [0.3, 0.4) is 0 Å². The average Bonchev–Trinajstić information content (AvgIpc) is 2.64. The zero-order valence-electron chi connectivity index (χ0n) is 10.5. The Bertz CT molecular complexity index is 347. The fourth-order valence-corrected chi connectivity index (χ4v) is 1.78. The highest BCUT2D eigenvalue weighted by Gasteiger charge is 2.19. The van der Waals surface area contributed by atoms with Gasteiger partial charge in [-0.05, 0) is 33.8 Å². The van der Waals surface area contributed by atoms with Gasteiger partial charge in [0, 0.05) is 18.2 Å². The third-order valence-electron chi connectivity index (χ3n) is 2.35. The number of nitrogens with zero attached hydrogens (tertiary/aromatic N) is 1. The molecule has 0 saturated carbocycles. The van der Waals surface area contributed by atoms with Crippen molar-refractivity contribution in [2.24, 2.45) is 0 Å². The number of esters is 1. The maximum absolute atomic E-state index is 11.3. The van der Waals surface area contributed by atoms with Crippen LogP contribution in [0.25, 0.3) is 0 Å². The molecular formula is C12H19NO3. The second-order valence-electron chi connectivity index (χ2n) is 4.22. The van der Waals surface area contributed by atoms with Crippen LogP contribution in [0, 0.1) is 0 Å². The molecule has 90 valence electrons. The molecule has 1 aromatic rings. The first-order valence-corrected chi connectivity index (χ1v) is 5.43. The summed E-state index contributed by atoms with van der Waals surface area (Å²) in [4.78, 5) is 13.4. The molecule has 0 saturated heterocycles. The van der Waals surface area contributed by atoms with Gasteiger partial charge in [-0.25, -0.2) is 4.79 Å². The molecule has 0 unspecified atom stereocenters. The lowest BCUT2D eigenvalue weighted by molar-refractivity contribution is 0.0565. The SMILES string of the molecule is COC(=O)c1ccc(N(C(C)C)C(C)C)o1. The Morgan fingerprint density at radius 2 is 1.81 bits per heavy atom. The van der Waals surface area contributed by atoms with Gasteiger partial charge < -0.3 is 14.1 Å². The largest absolute Gasteiger partial charge is 0.463 e. The molecule has 16 heavy (non-hydrogen) atoms. The van der Waals surface area contributed by atoms with Gasteiger partial charge in [0.2, 0.25) is 5.76 Å². The summed E-state index contributed by atoms with van der Waals surface area (Å²) in [5, 5.41) is 0. The van der Waals surface area contributed by atoms with Gasteiger partial charge in [0.1, 0.15) is 0 Å². The summed E-state index contributed by atoms with van der Waals surface area (Å²) in [5.74, 6) is 0.493. The summed E-state index contributed by atoms with van der Waals surface area (Å²) < 4.78 is 10.1. The number of carbonyl (C=O) groups is 1. The van der Waals surface area contributed by atoms with E-state index in [0.29, 0.717) is 18.0 Å². The molecule has 0 radical (unpaired) electrons. The minimum atomic E-state index is -0.446. The van der Waals surface area contributed by atoms with Gasteiger partial charge in [0.25, 0.3) is 0 Å². The van der Waals surface area contributed by atoms with Gasteiger partial charge in [0.05, 0.1) is 7.11 Å². The molecule has 0 aliphatic rings. The summed E-state index contributed by atoms with van der Waals surface area (Å²) in [6.07, 6.45) is 0. The number of methoxy groups -OCH3 is 1. The lowest BCUT2D eigenvalue weighted by Crippen LogP contribution is -2.36. The molecule has 1 rings (SSSR count). The Morgan fingerprint density at radius 3 is 2.25 bits per heavy atom. The maximum atomic E-state index is 11.3.